The number of benzene rings is 1. The zero-order valence-corrected chi connectivity index (χ0v) is 26.8. The first-order valence-corrected chi connectivity index (χ1v) is 11.8. The summed E-state index contributed by atoms with van der Waals surface area (Å²) in [6, 6.07) is -0.304. The van der Waals surface area contributed by atoms with Gasteiger partial charge in [0.1, 0.15) is 12.5 Å². The summed E-state index contributed by atoms with van der Waals surface area (Å²) in [6.07, 6.45) is -1.18. The van der Waals surface area contributed by atoms with Gasteiger partial charge in [-0.2, -0.15) is 4.98 Å². The molecular formula is C23H24FN6Na2O9P. The fourth-order valence-corrected chi connectivity index (χ4v) is 3.28. The van der Waals surface area contributed by atoms with E-state index in [1.54, 1.807) is 0 Å². The summed E-state index contributed by atoms with van der Waals surface area (Å²) in [6.45, 7) is -1.63. The van der Waals surface area contributed by atoms with Crippen LogP contribution in [0.4, 0.5) is 33.5 Å². The van der Waals surface area contributed by atoms with Crippen LogP contribution >= 0.6 is 7.82 Å². The zero-order valence-electron chi connectivity index (χ0n) is 35.9. The first-order valence-electron chi connectivity index (χ1n) is 17.4. The predicted molar refractivity (Wildman–Crippen MR) is 135 cm³/mol. The van der Waals surface area contributed by atoms with Crippen LogP contribution in [0.2, 0.25) is 0 Å². The molecule has 0 spiro atoms. The van der Waals surface area contributed by atoms with Crippen molar-refractivity contribution in [3.05, 3.63) is 36.2 Å². The minimum Gasteiger partial charge on any atom is -0.790 e. The summed E-state index contributed by atoms with van der Waals surface area (Å²) < 4.78 is 158. The Balaban J connectivity index is 0.00000541. The van der Waals surface area contributed by atoms with Gasteiger partial charge in [0.15, 0.2) is 40.3 Å². The Labute approximate surface area is 304 Å². The molecule has 214 valence electrons. The van der Waals surface area contributed by atoms with Gasteiger partial charge in [0.2, 0.25) is 11.7 Å². The Hall–Kier alpha value is -2.24. The molecule has 3 aromatic rings. The van der Waals surface area contributed by atoms with Gasteiger partial charge in [0.05, 0.1) is 54.3 Å². The molecule has 42 heavy (non-hydrogen) atoms. The van der Waals surface area contributed by atoms with Crippen molar-refractivity contribution in [2.75, 3.05) is 43.3 Å². The van der Waals surface area contributed by atoms with Gasteiger partial charge in [-0.15, -0.1) is 0 Å². The van der Waals surface area contributed by atoms with Gasteiger partial charge in [0, 0.05) is 17.8 Å². The van der Waals surface area contributed by atoms with Crippen molar-refractivity contribution in [1.82, 2.24) is 15.0 Å². The second-order valence-electron chi connectivity index (χ2n) is 7.93. The number of hydrogen-bond acceptors (Lipinski definition) is 14. The summed E-state index contributed by atoms with van der Waals surface area (Å²) in [5.41, 5.74) is -2.47. The molecule has 1 aromatic carbocycles. The number of nitrogens with one attached hydrogen (secondary N) is 2. The summed E-state index contributed by atoms with van der Waals surface area (Å²) in [5, 5.41) is 4.53. The molecule has 1 aliphatic heterocycles. The number of rotatable bonds is 10. The number of aromatic nitrogens is 3. The Morgan fingerprint density at radius 3 is 2.43 bits per heavy atom. The molecule has 2 N–H and O–H groups in total. The third-order valence-electron chi connectivity index (χ3n) is 4.77. The van der Waals surface area contributed by atoms with E-state index in [2.05, 4.69) is 30.1 Å². The Kier molecular flexibility index (Phi) is 6.87. The normalized spacial score (nSPS) is 19.6. The van der Waals surface area contributed by atoms with Crippen LogP contribution in [0, 0.1) is 5.82 Å². The van der Waals surface area contributed by atoms with E-state index < -0.39 is 123 Å². The van der Waals surface area contributed by atoms with Gasteiger partial charge in [0.25, 0.3) is 5.91 Å². The number of halogens is 1. The third-order valence-corrected chi connectivity index (χ3v) is 5.07. The number of methoxy groups -OCH3 is 3. The Morgan fingerprint density at radius 1 is 1.14 bits per heavy atom. The van der Waals surface area contributed by atoms with Crippen molar-refractivity contribution in [2.45, 2.75) is 19.4 Å². The van der Waals surface area contributed by atoms with E-state index in [1.165, 1.54) is 0 Å². The summed E-state index contributed by atoms with van der Waals surface area (Å²) in [4.78, 5) is 46.9. The Morgan fingerprint density at radius 2 is 1.81 bits per heavy atom. The number of fused-ring (bicyclic) bond motifs is 1. The maximum absolute atomic E-state index is 15.3. The smallest absolute Gasteiger partial charge is 0.790 e. The molecule has 2 aromatic heterocycles. The second kappa shape index (κ2) is 14.5. The van der Waals surface area contributed by atoms with Gasteiger partial charge in [-0.25, -0.2) is 14.4 Å². The van der Waals surface area contributed by atoms with Gasteiger partial charge in [-0.3, -0.25) is 9.69 Å². The van der Waals surface area contributed by atoms with E-state index in [9.17, 15) is 19.1 Å². The van der Waals surface area contributed by atoms with Crippen LogP contribution in [-0.4, -0.2) is 54.3 Å². The van der Waals surface area contributed by atoms with Crippen molar-refractivity contribution in [1.29, 1.82) is 0 Å². The molecule has 0 atom stereocenters. The first kappa shape index (κ1) is 19.9. The SMILES string of the molecule is [2H]c1nc(Nc2cc(OC([2H])([2H])[2H])c(OC([2H])([2H])[2H])c(OC([2H])([2H])[2H])c2)nc(Nc2nc3c(c([2H])c2[2H])OC(C)(C)C(=O)N3C([2H])([2H])OP(=O)([O-])[O-])c1F.[Na+].[Na+]. The van der Waals surface area contributed by atoms with E-state index in [0.29, 0.717) is 0 Å². The number of hydrogen-bond donors (Lipinski definition) is 2. The molecule has 4 rings (SSSR count). The van der Waals surface area contributed by atoms with E-state index in [-0.39, 0.29) is 64.0 Å². The minimum absolute atomic E-state index is 0. The van der Waals surface area contributed by atoms with Crippen LogP contribution in [0.25, 0.3) is 0 Å². The summed E-state index contributed by atoms with van der Waals surface area (Å²) >= 11 is 0. The molecule has 0 bridgehead atoms. The van der Waals surface area contributed by atoms with Crippen molar-refractivity contribution < 1.29 is 125 Å². The van der Waals surface area contributed by atoms with E-state index in [1.807, 2.05) is 0 Å². The fourth-order valence-electron chi connectivity index (χ4n) is 3.09. The molecular weight excluding hydrogens is 600 g/mol. The van der Waals surface area contributed by atoms with Crippen LogP contribution in [0.5, 0.6) is 23.0 Å². The molecule has 0 aliphatic carbocycles. The predicted octanol–water partition coefficient (Wildman–Crippen LogP) is -4.16. The number of anilines is 5. The van der Waals surface area contributed by atoms with Gasteiger partial charge < -0.3 is 48.5 Å². The van der Waals surface area contributed by atoms with Crippen LogP contribution in [0.1, 0.15) is 33.0 Å². The molecule has 0 unspecified atom stereocenters. The van der Waals surface area contributed by atoms with Gasteiger partial charge in [-0.1, -0.05) is 0 Å². The van der Waals surface area contributed by atoms with Crippen LogP contribution in [0.3, 0.4) is 0 Å². The molecule has 1 amide bonds. The quantitative estimate of drug-likeness (QED) is 0.161. The molecule has 0 fully saturated rings. The number of phosphoric acid groups is 1. The standard InChI is InChI=1S/C23H26FN6O9P.2Na/c1-23(2)21(31)30(11-38-40(32,33)34)20-14(39-23)6-7-17(28-20)27-19-13(24)10-25-22(29-19)26-12-8-15(35-3)18(37-5)16(9-12)36-4;;/h6-10H,11H2,1-5H3,(H2,32,33,34)(H2,25,26,27,28,29);;/q;2*+1/p-2/i3D3,4D3,5D3,6D,7D,10D,11D2;;. The topological polar surface area (TPSA) is 192 Å². The average Bonchev–Trinajstić information content (AvgIpc) is 2.93. The van der Waals surface area contributed by atoms with E-state index in [4.69, 9.17) is 38.1 Å². The maximum Gasteiger partial charge on any atom is 1.00 e. The van der Waals surface area contributed by atoms with Crippen molar-refractivity contribution >= 4 is 42.8 Å². The summed E-state index contributed by atoms with van der Waals surface area (Å²) in [7, 11) is -16.0. The zero-order chi connectivity index (χ0) is 41.1. The van der Waals surface area contributed by atoms with Crippen molar-refractivity contribution in [3.8, 4) is 23.0 Å². The summed E-state index contributed by atoms with van der Waals surface area (Å²) in [5.74, 6) is -10.1. The molecule has 19 heteroatoms. The van der Waals surface area contributed by atoms with Crippen LogP contribution in [0.15, 0.2) is 30.4 Å². The number of nitrogens with zero attached hydrogens (tertiary/aromatic N) is 4. The number of phosphoric ester groups is 1. The fraction of sp³-hybridized carbons (Fsp3) is 0.304. The van der Waals surface area contributed by atoms with Gasteiger partial charge >= 0.3 is 59.1 Å². The molecule has 1 aliphatic rings. The molecule has 0 radical (unpaired) electrons. The molecule has 0 saturated carbocycles. The van der Waals surface area contributed by atoms with E-state index in [0.717, 1.165) is 26.0 Å². The van der Waals surface area contributed by atoms with Crippen LogP contribution < -0.4 is 103 Å². The number of amides is 1. The van der Waals surface area contributed by atoms with Gasteiger partial charge in [-0.05, 0) is 25.9 Å². The van der Waals surface area contributed by atoms with E-state index >= 15 is 4.39 Å². The minimum atomic E-state index is -6.14. The number of pyridine rings is 1. The first-order chi connectivity index (χ1) is 24.3. The average molecular weight is 639 g/mol. The number of carbonyl (C=O) groups is 1. The molecule has 3 heterocycles. The second-order valence-corrected chi connectivity index (χ2v) is 9.00. The maximum atomic E-state index is 15.3. The van der Waals surface area contributed by atoms with Crippen molar-refractivity contribution in [3.63, 3.8) is 0 Å². The number of carbonyl (C=O) groups excluding carboxylic acids is 1. The monoisotopic (exact) mass is 638 g/mol. The largest absolute Gasteiger partial charge is 1.00 e. The third kappa shape index (κ3) is 8.23. The Bertz CT molecular complexity index is 2010. The van der Waals surface area contributed by atoms with Crippen LogP contribution in [-0.2, 0) is 13.9 Å². The number of ether oxygens (including phenoxy) is 4. The molecule has 0 saturated heterocycles. The van der Waals surface area contributed by atoms with Crippen molar-refractivity contribution in [2.24, 2.45) is 0 Å². The molecule has 15 nitrogen and oxygen atoms in total.